The Bertz CT molecular complexity index is 268. The van der Waals surface area contributed by atoms with Gasteiger partial charge in [-0.15, -0.1) is 0 Å². The van der Waals surface area contributed by atoms with E-state index in [4.69, 9.17) is 19.4 Å². The van der Waals surface area contributed by atoms with E-state index in [9.17, 15) is 9.59 Å². The van der Waals surface area contributed by atoms with E-state index in [1.165, 1.54) is 7.11 Å². The van der Waals surface area contributed by atoms with Crippen molar-refractivity contribution < 1.29 is 29.0 Å². The van der Waals surface area contributed by atoms with Crippen LogP contribution in [-0.2, 0) is 19.1 Å². The zero-order valence-electron chi connectivity index (χ0n) is 11.2. The first kappa shape index (κ1) is 16.7. The van der Waals surface area contributed by atoms with Crippen molar-refractivity contribution >= 4 is 12.1 Å². The van der Waals surface area contributed by atoms with E-state index in [0.717, 1.165) is 5.06 Å². The summed E-state index contributed by atoms with van der Waals surface area (Å²) in [6, 6.07) is -1.10. The first-order valence-corrected chi connectivity index (χ1v) is 5.76. The van der Waals surface area contributed by atoms with Gasteiger partial charge < -0.3 is 14.6 Å². The summed E-state index contributed by atoms with van der Waals surface area (Å²) in [6.07, 6.45) is -0.810. The average molecular weight is 263 g/mol. The summed E-state index contributed by atoms with van der Waals surface area (Å²) >= 11 is 0. The van der Waals surface area contributed by atoms with Crippen LogP contribution in [0, 0.1) is 5.92 Å². The minimum absolute atomic E-state index is 0.0752. The van der Waals surface area contributed by atoms with Gasteiger partial charge >= 0.3 is 12.1 Å². The fourth-order valence-electron chi connectivity index (χ4n) is 1.31. The summed E-state index contributed by atoms with van der Waals surface area (Å²) in [5.41, 5.74) is 0. The molecule has 0 aromatic carbocycles. The van der Waals surface area contributed by atoms with Gasteiger partial charge in [-0.1, -0.05) is 13.8 Å². The van der Waals surface area contributed by atoms with Crippen LogP contribution in [0.25, 0.3) is 0 Å². The molecular formula is C11H21NO6. The standard InChI is InChI=1S/C11H21NO6/c1-5-17-11(15)12(18-7-6-16-4)9(8(2)3)10(13)14/h8-9H,5-7H2,1-4H3,(H,13,14)/t9-/m0/s1. The van der Waals surface area contributed by atoms with Crippen LogP contribution >= 0.6 is 0 Å². The highest BCUT2D eigenvalue weighted by Gasteiger charge is 2.34. The second-order valence-electron chi connectivity index (χ2n) is 3.88. The van der Waals surface area contributed by atoms with Crippen molar-refractivity contribution in [1.29, 1.82) is 0 Å². The Morgan fingerprint density at radius 3 is 2.28 bits per heavy atom. The third kappa shape index (κ3) is 5.33. The van der Waals surface area contributed by atoms with Gasteiger partial charge in [-0.3, -0.25) is 4.84 Å². The van der Waals surface area contributed by atoms with Gasteiger partial charge in [-0.05, 0) is 12.8 Å². The number of hydrogen-bond acceptors (Lipinski definition) is 5. The fraction of sp³-hybridized carbons (Fsp3) is 0.818. The van der Waals surface area contributed by atoms with Crippen LogP contribution in [0.4, 0.5) is 4.79 Å². The Morgan fingerprint density at radius 2 is 1.89 bits per heavy atom. The summed E-state index contributed by atoms with van der Waals surface area (Å²) in [5.74, 6) is -1.45. The van der Waals surface area contributed by atoms with Gasteiger partial charge in [0.05, 0.1) is 19.8 Å². The van der Waals surface area contributed by atoms with Crippen molar-refractivity contribution in [2.24, 2.45) is 5.92 Å². The highest BCUT2D eigenvalue weighted by molar-refractivity contribution is 5.79. The predicted molar refractivity (Wildman–Crippen MR) is 63.0 cm³/mol. The van der Waals surface area contributed by atoms with Crippen molar-refractivity contribution in [2.45, 2.75) is 26.8 Å². The quantitative estimate of drug-likeness (QED) is 0.522. The molecule has 0 bridgehead atoms. The maximum atomic E-state index is 11.7. The molecule has 0 aromatic heterocycles. The number of carboxylic acid groups (broad SMARTS) is 1. The lowest BCUT2D eigenvalue weighted by Gasteiger charge is -2.29. The number of carbonyl (C=O) groups is 2. The van der Waals surface area contributed by atoms with Crippen molar-refractivity contribution in [1.82, 2.24) is 5.06 Å². The number of amides is 1. The molecule has 0 aliphatic heterocycles. The third-order valence-electron chi connectivity index (χ3n) is 2.10. The van der Waals surface area contributed by atoms with Crippen LogP contribution in [0.15, 0.2) is 0 Å². The van der Waals surface area contributed by atoms with E-state index in [1.54, 1.807) is 20.8 Å². The summed E-state index contributed by atoms with van der Waals surface area (Å²) in [4.78, 5) is 28.0. The molecule has 1 N–H and O–H groups in total. The Balaban J connectivity index is 4.79. The lowest BCUT2D eigenvalue weighted by atomic mass is 10.1. The van der Waals surface area contributed by atoms with Gasteiger partial charge in [-0.25, -0.2) is 9.59 Å². The molecule has 0 spiro atoms. The molecule has 106 valence electrons. The Hall–Kier alpha value is -1.34. The normalized spacial score (nSPS) is 12.3. The van der Waals surface area contributed by atoms with Gasteiger partial charge in [0.15, 0.2) is 6.04 Å². The molecule has 0 aromatic rings. The molecule has 0 unspecified atom stereocenters. The number of hydrogen-bond donors (Lipinski definition) is 1. The van der Waals surface area contributed by atoms with E-state index in [1.807, 2.05) is 0 Å². The third-order valence-corrected chi connectivity index (χ3v) is 2.10. The number of carbonyl (C=O) groups excluding carboxylic acids is 1. The molecule has 7 nitrogen and oxygen atoms in total. The van der Waals surface area contributed by atoms with Crippen LogP contribution in [0.3, 0.4) is 0 Å². The van der Waals surface area contributed by atoms with E-state index < -0.39 is 18.1 Å². The molecule has 0 aliphatic carbocycles. The van der Waals surface area contributed by atoms with Gasteiger partial charge in [0.2, 0.25) is 0 Å². The highest BCUT2D eigenvalue weighted by atomic mass is 16.7. The summed E-state index contributed by atoms with van der Waals surface area (Å²) in [7, 11) is 1.48. The molecule has 0 saturated heterocycles. The number of nitrogens with zero attached hydrogens (tertiary/aromatic N) is 1. The smallest absolute Gasteiger partial charge is 0.434 e. The van der Waals surface area contributed by atoms with Gasteiger partial charge in [-0.2, -0.15) is 5.06 Å². The number of aliphatic carboxylic acids is 1. The van der Waals surface area contributed by atoms with Crippen LogP contribution in [-0.4, -0.2) is 55.2 Å². The molecule has 1 atom stereocenters. The number of hydroxylamine groups is 2. The first-order valence-electron chi connectivity index (χ1n) is 5.76. The molecule has 0 rings (SSSR count). The second kappa shape index (κ2) is 8.71. The van der Waals surface area contributed by atoms with Crippen LogP contribution in [0.2, 0.25) is 0 Å². The van der Waals surface area contributed by atoms with Crippen molar-refractivity contribution in [3.63, 3.8) is 0 Å². The lowest BCUT2D eigenvalue weighted by molar-refractivity contribution is -0.192. The molecule has 18 heavy (non-hydrogen) atoms. The minimum Gasteiger partial charge on any atom is -0.480 e. The first-order chi connectivity index (χ1) is 8.45. The Morgan fingerprint density at radius 1 is 1.28 bits per heavy atom. The fourth-order valence-corrected chi connectivity index (χ4v) is 1.31. The summed E-state index contributed by atoms with van der Waals surface area (Å²) < 4.78 is 9.56. The van der Waals surface area contributed by atoms with Gasteiger partial charge in [0, 0.05) is 7.11 Å². The number of methoxy groups -OCH3 is 1. The average Bonchev–Trinajstić information content (AvgIpc) is 2.27. The molecule has 1 amide bonds. The maximum absolute atomic E-state index is 11.7. The molecular weight excluding hydrogens is 242 g/mol. The van der Waals surface area contributed by atoms with Crippen molar-refractivity contribution in [3.05, 3.63) is 0 Å². The van der Waals surface area contributed by atoms with E-state index in [-0.39, 0.29) is 25.7 Å². The monoisotopic (exact) mass is 263 g/mol. The molecule has 0 saturated carbocycles. The molecule has 0 aliphatic rings. The SMILES string of the molecule is CCOC(=O)N(OCCOC)[C@H](C(=O)O)C(C)C. The minimum atomic E-state index is -1.14. The Labute approximate surface area is 107 Å². The lowest BCUT2D eigenvalue weighted by Crippen LogP contribution is -2.48. The number of carboxylic acids is 1. The highest BCUT2D eigenvalue weighted by Crippen LogP contribution is 2.13. The predicted octanol–water partition coefficient (Wildman–Crippen LogP) is 1.13. The van der Waals surface area contributed by atoms with Crippen LogP contribution in [0.1, 0.15) is 20.8 Å². The zero-order valence-corrected chi connectivity index (χ0v) is 11.2. The van der Waals surface area contributed by atoms with E-state index in [2.05, 4.69) is 0 Å². The van der Waals surface area contributed by atoms with Gasteiger partial charge in [0.1, 0.15) is 0 Å². The molecule has 0 heterocycles. The second-order valence-corrected chi connectivity index (χ2v) is 3.88. The molecule has 0 radical (unpaired) electrons. The Kier molecular flexibility index (Phi) is 8.06. The van der Waals surface area contributed by atoms with Crippen LogP contribution in [0.5, 0.6) is 0 Å². The topological polar surface area (TPSA) is 85.3 Å². The van der Waals surface area contributed by atoms with Crippen molar-refractivity contribution in [3.8, 4) is 0 Å². The van der Waals surface area contributed by atoms with Crippen molar-refractivity contribution in [2.75, 3.05) is 26.9 Å². The zero-order chi connectivity index (χ0) is 14.1. The molecule has 0 fully saturated rings. The largest absolute Gasteiger partial charge is 0.480 e. The molecule has 7 heteroatoms. The van der Waals surface area contributed by atoms with Crippen LogP contribution < -0.4 is 0 Å². The van der Waals surface area contributed by atoms with E-state index >= 15 is 0 Å². The summed E-state index contributed by atoms with van der Waals surface area (Å²) in [6.45, 7) is 5.48. The number of rotatable bonds is 8. The number of ether oxygens (including phenoxy) is 2. The maximum Gasteiger partial charge on any atom is 0.434 e. The van der Waals surface area contributed by atoms with E-state index in [0.29, 0.717) is 0 Å². The summed E-state index contributed by atoms with van der Waals surface area (Å²) in [5, 5.41) is 9.89. The van der Waals surface area contributed by atoms with Gasteiger partial charge in [0.25, 0.3) is 0 Å².